The summed E-state index contributed by atoms with van der Waals surface area (Å²) in [5.74, 6) is 0.169. The van der Waals surface area contributed by atoms with Crippen molar-refractivity contribution < 1.29 is 14.3 Å². The number of nitrogens with zero attached hydrogens (tertiary/aromatic N) is 1. The number of para-hydroxylation sites is 1. The molecule has 2 amide bonds. The monoisotopic (exact) mass is 349 g/mol. The molecule has 0 spiro atoms. The lowest BCUT2D eigenvalue weighted by molar-refractivity contribution is 0.174. The lowest BCUT2D eigenvalue weighted by atomic mass is 9.87. The fourth-order valence-electron chi connectivity index (χ4n) is 3.92. The van der Waals surface area contributed by atoms with Crippen molar-refractivity contribution in [1.29, 1.82) is 0 Å². The third-order valence-electron chi connectivity index (χ3n) is 5.39. The Labute approximate surface area is 148 Å². The van der Waals surface area contributed by atoms with Crippen molar-refractivity contribution in [3.05, 3.63) is 30.1 Å². The molecular weight excluding hydrogens is 321 g/mol. The van der Waals surface area contributed by atoms with Gasteiger partial charge in [-0.3, -0.25) is 0 Å². The Morgan fingerprint density at radius 2 is 1.84 bits per heavy atom. The Hall–Kier alpha value is -1.82. The van der Waals surface area contributed by atoms with Crippen molar-refractivity contribution in [3.63, 3.8) is 0 Å². The van der Waals surface area contributed by atoms with Crippen molar-refractivity contribution in [3.8, 4) is 0 Å². The number of hydrogen-bond acceptors (Lipinski definition) is 3. The van der Waals surface area contributed by atoms with Crippen LogP contribution >= 0.6 is 0 Å². The summed E-state index contributed by atoms with van der Waals surface area (Å²) in [6, 6.07) is 6.88. The molecule has 1 atom stereocenters. The molecule has 0 aromatic heterocycles. The van der Waals surface area contributed by atoms with Gasteiger partial charge in [0.25, 0.3) is 0 Å². The minimum absolute atomic E-state index is 0.0298. The van der Waals surface area contributed by atoms with E-state index in [0.29, 0.717) is 18.2 Å². The highest BCUT2D eigenvalue weighted by Crippen LogP contribution is 2.24. The zero-order valence-electron chi connectivity index (χ0n) is 14.6. The van der Waals surface area contributed by atoms with E-state index in [9.17, 15) is 14.3 Å². The van der Waals surface area contributed by atoms with Gasteiger partial charge < -0.3 is 20.6 Å². The summed E-state index contributed by atoms with van der Waals surface area (Å²) >= 11 is 0. The smallest absolute Gasteiger partial charge is 0.315 e. The van der Waals surface area contributed by atoms with Crippen LogP contribution in [0.15, 0.2) is 24.3 Å². The molecule has 3 N–H and O–H groups in total. The van der Waals surface area contributed by atoms with Crippen LogP contribution in [0.25, 0.3) is 0 Å². The first-order chi connectivity index (χ1) is 12.2. The second-order valence-electron chi connectivity index (χ2n) is 7.25. The van der Waals surface area contributed by atoms with Crippen molar-refractivity contribution in [2.45, 2.75) is 50.6 Å². The fraction of sp³-hybridized carbons (Fsp3) is 0.632. The molecule has 25 heavy (non-hydrogen) atoms. The van der Waals surface area contributed by atoms with E-state index in [0.717, 1.165) is 45.1 Å². The minimum Gasteiger partial charge on any atom is -0.396 e. The van der Waals surface area contributed by atoms with Crippen LogP contribution in [0.1, 0.15) is 38.5 Å². The number of anilines is 1. The molecule has 1 aliphatic carbocycles. The van der Waals surface area contributed by atoms with E-state index in [-0.39, 0.29) is 30.5 Å². The summed E-state index contributed by atoms with van der Waals surface area (Å²) < 4.78 is 14.0. The molecule has 6 heteroatoms. The first-order valence-corrected chi connectivity index (χ1v) is 9.33. The maximum Gasteiger partial charge on any atom is 0.315 e. The molecule has 1 aliphatic heterocycles. The van der Waals surface area contributed by atoms with E-state index in [2.05, 4.69) is 10.6 Å². The van der Waals surface area contributed by atoms with Gasteiger partial charge in [0, 0.05) is 31.8 Å². The maximum absolute atomic E-state index is 14.0. The number of carbonyl (C=O) groups is 1. The number of benzene rings is 1. The molecule has 1 saturated heterocycles. The maximum atomic E-state index is 14.0. The molecule has 2 fully saturated rings. The van der Waals surface area contributed by atoms with Gasteiger partial charge in [0.15, 0.2) is 0 Å². The molecule has 1 heterocycles. The first kappa shape index (κ1) is 18.0. The number of piperidine rings is 1. The van der Waals surface area contributed by atoms with Gasteiger partial charge in [-0.2, -0.15) is 0 Å². The van der Waals surface area contributed by atoms with Gasteiger partial charge in [-0.15, -0.1) is 0 Å². The molecular formula is C19H28FN3O2. The Bertz CT molecular complexity index is 576. The molecule has 0 radical (unpaired) electrons. The molecule has 1 saturated carbocycles. The molecule has 0 bridgehead atoms. The van der Waals surface area contributed by atoms with Crippen LogP contribution in [-0.4, -0.2) is 42.9 Å². The number of urea groups is 1. The highest BCUT2D eigenvalue weighted by molar-refractivity contribution is 5.74. The number of aliphatic hydroxyl groups excluding tert-OH is 1. The quantitative estimate of drug-likeness (QED) is 0.783. The van der Waals surface area contributed by atoms with Crippen molar-refractivity contribution in [2.75, 3.05) is 24.6 Å². The van der Waals surface area contributed by atoms with Crippen LogP contribution in [0, 0.1) is 11.7 Å². The fourth-order valence-corrected chi connectivity index (χ4v) is 3.92. The third-order valence-corrected chi connectivity index (χ3v) is 5.39. The summed E-state index contributed by atoms with van der Waals surface area (Å²) in [5.41, 5.74) is 0.608. The van der Waals surface area contributed by atoms with E-state index in [4.69, 9.17) is 0 Å². The van der Waals surface area contributed by atoms with E-state index >= 15 is 0 Å². The number of nitrogens with one attached hydrogen (secondary N) is 2. The SMILES string of the molecule is O=C(NC1CCC(CO)CC1)NC1CCCN(c2ccccc2F)C1. The van der Waals surface area contributed by atoms with E-state index in [1.54, 1.807) is 12.1 Å². The number of rotatable bonds is 4. The molecule has 2 aliphatic rings. The largest absolute Gasteiger partial charge is 0.396 e. The van der Waals surface area contributed by atoms with Gasteiger partial charge in [0.05, 0.1) is 5.69 Å². The normalized spacial score (nSPS) is 27.0. The predicted molar refractivity (Wildman–Crippen MR) is 96.1 cm³/mol. The Kier molecular flexibility index (Phi) is 6.13. The lowest BCUT2D eigenvalue weighted by Crippen LogP contribution is -2.52. The molecule has 5 nitrogen and oxygen atoms in total. The summed E-state index contributed by atoms with van der Waals surface area (Å²) in [7, 11) is 0. The number of aliphatic hydroxyl groups is 1. The van der Waals surface area contributed by atoms with Gasteiger partial charge in [-0.25, -0.2) is 9.18 Å². The average Bonchev–Trinajstić information content (AvgIpc) is 2.63. The van der Waals surface area contributed by atoms with Crippen LogP contribution in [0.4, 0.5) is 14.9 Å². The molecule has 1 unspecified atom stereocenters. The number of carbonyl (C=O) groups excluding carboxylic acids is 1. The Morgan fingerprint density at radius 1 is 1.12 bits per heavy atom. The van der Waals surface area contributed by atoms with Gasteiger partial charge in [-0.05, 0) is 56.6 Å². The van der Waals surface area contributed by atoms with Crippen molar-refractivity contribution in [1.82, 2.24) is 10.6 Å². The number of amides is 2. The summed E-state index contributed by atoms with van der Waals surface area (Å²) in [6.45, 7) is 1.68. The van der Waals surface area contributed by atoms with Crippen LogP contribution in [0.2, 0.25) is 0 Å². The molecule has 3 rings (SSSR count). The standard InChI is InChI=1S/C19H28FN3O2/c20-17-5-1-2-6-18(17)23-11-3-4-16(12-23)22-19(25)21-15-9-7-14(13-24)8-10-15/h1-2,5-6,14-16,24H,3-4,7-13H2,(H2,21,22,25). The van der Waals surface area contributed by atoms with Gasteiger partial charge >= 0.3 is 6.03 Å². The van der Waals surface area contributed by atoms with E-state index in [1.807, 2.05) is 11.0 Å². The van der Waals surface area contributed by atoms with Crippen LogP contribution < -0.4 is 15.5 Å². The summed E-state index contributed by atoms with van der Waals surface area (Å²) in [5, 5.41) is 15.3. The highest BCUT2D eigenvalue weighted by Gasteiger charge is 2.25. The summed E-state index contributed by atoms with van der Waals surface area (Å²) in [6.07, 6.45) is 5.61. The minimum atomic E-state index is -0.215. The zero-order valence-corrected chi connectivity index (χ0v) is 14.6. The van der Waals surface area contributed by atoms with Crippen molar-refractivity contribution >= 4 is 11.7 Å². The van der Waals surface area contributed by atoms with Gasteiger partial charge in [0.2, 0.25) is 0 Å². The molecule has 138 valence electrons. The van der Waals surface area contributed by atoms with E-state index < -0.39 is 0 Å². The van der Waals surface area contributed by atoms with Gasteiger partial charge in [0.1, 0.15) is 5.82 Å². The molecule has 1 aromatic rings. The predicted octanol–water partition coefficient (Wildman–Crippen LogP) is 2.64. The second kappa shape index (κ2) is 8.52. The highest BCUT2D eigenvalue weighted by atomic mass is 19.1. The number of halogens is 1. The third kappa shape index (κ3) is 4.84. The Morgan fingerprint density at radius 3 is 2.56 bits per heavy atom. The van der Waals surface area contributed by atoms with Crippen LogP contribution in [0.5, 0.6) is 0 Å². The Balaban J connectivity index is 1.48. The second-order valence-corrected chi connectivity index (χ2v) is 7.25. The lowest BCUT2D eigenvalue weighted by Gasteiger charge is -2.35. The van der Waals surface area contributed by atoms with Crippen LogP contribution in [0.3, 0.4) is 0 Å². The van der Waals surface area contributed by atoms with Crippen molar-refractivity contribution in [2.24, 2.45) is 5.92 Å². The summed E-state index contributed by atoms with van der Waals surface area (Å²) in [4.78, 5) is 14.3. The zero-order chi connectivity index (χ0) is 17.6. The van der Waals surface area contributed by atoms with Gasteiger partial charge in [-0.1, -0.05) is 12.1 Å². The average molecular weight is 349 g/mol. The topological polar surface area (TPSA) is 64.6 Å². The molecule has 1 aromatic carbocycles. The first-order valence-electron chi connectivity index (χ1n) is 9.33. The number of hydrogen-bond donors (Lipinski definition) is 3. The van der Waals surface area contributed by atoms with Crippen LogP contribution in [-0.2, 0) is 0 Å². The van der Waals surface area contributed by atoms with E-state index in [1.165, 1.54) is 6.07 Å².